The van der Waals surface area contributed by atoms with Crippen LogP contribution < -0.4 is 0 Å². The van der Waals surface area contributed by atoms with Gasteiger partial charge < -0.3 is 0 Å². The second-order valence-corrected chi connectivity index (χ2v) is 13.9. The lowest BCUT2D eigenvalue weighted by molar-refractivity contribution is 1.32. The zero-order valence-electron chi connectivity index (χ0n) is 29.5. The Balaban J connectivity index is 1.16. The summed E-state index contributed by atoms with van der Waals surface area (Å²) in [6.07, 6.45) is 0. The first-order valence-corrected chi connectivity index (χ1v) is 18.4. The Morgan fingerprint density at radius 3 is 1.39 bits per heavy atom. The van der Waals surface area contributed by atoms with Crippen LogP contribution >= 0.6 is 0 Å². The van der Waals surface area contributed by atoms with Crippen molar-refractivity contribution in [1.82, 2.24) is 9.97 Å². The Morgan fingerprint density at radius 1 is 0.241 bits per heavy atom. The van der Waals surface area contributed by atoms with Gasteiger partial charge in [0.15, 0.2) is 0 Å². The van der Waals surface area contributed by atoms with Crippen LogP contribution in [0.1, 0.15) is 0 Å². The summed E-state index contributed by atoms with van der Waals surface area (Å²) >= 11 is 0. The monoisotopic (exact) mass is 686 g/mol. The van der Waals surface area contributed by atoms with E-state index in [0.29, 0.717) is 0 Å². The number of fused-ring (bicyclic) bond motifs is 3. The van der Waals surface area contributed by atoms with Gasteiger partial charge in [-0.2, -0.15) is 0 Å². The third kappa shape index (κ3) is 6.00. The molecule has 0 aliphatic carbocycles. The van der Waals surface area contributed by atoms with Crippen LogP contribution in [0.5, 0.6) is 0 Å². The van der Waals surface area contributed by atoms with Crippen molar-refractivity contribution in [2.24, 2.45) is 0 Å². The molecule has 0 atom stereocenters. The van der Waals surface area contributed by atoms with E-state index < -0.39 is 0 Å². The van der Waals surface area contributed by atoms with Crippen LogP contribution in [0, 0.1) is 0 Å². The zero-order chi connectivity index (χ0) is 35.8. The number of benzene rings is 8. The van der Waals surface area contributed by atoms with Gasteiger partial charge in [-0.25, -0.2) is 9.97 Å². The van der Waals surface area contributed by atoms with Crippen LogP contribution in [-0.2, 0) is 0 Å². The lowest BCUT2D eigenvalue weighted by Crippen LogP contribution is -1.93. The summed E-state index contributed by atoms with van der Waals surface area (Å²) in [5.74, 6) is 0. The summed E-state index contributed by atoms with van der Waals surface area (Å²) in [5.41, 5.74) is 14.0. The summed E-state index contributed by atoms with van der Waals surface area (Å²) in [6.45, 7) is 0. The Bertz CT molecular complexity index is 2930. The molecule has 0 amide bonds. The molecular weight excluding hydrogens is 653 g/mol. The van der Waals surface area contributed by atoms with E-state index >= 15 is 0 Å². The molecule has 10 aromatic rings. The standard InChI is InChI=1S/C52H34N2/c1-3-14-37(15-4-1)50-32-46(33-51(54-50)38-16-5-2-6-17-38)41-20-11-21-44(29-41)47-34-52(45-25-23-36-13-8-10-19-40(36)30-45)53-49-27-26-43(31-48(47)49)42-24-22-35-12-7-9-18-39(35)28-42/h1-34H. The van der Waals surface area contributed by atoms with E-state index in [1.165, 1.54) is 32.7 Å². The topological polar surface area (TPSA) is 25.8 Å². The van der Waals surface area contributed by atoms with Gasteiger partial charge in [0, 0.05) is 22.1 Å². The molecular formula is C52H34N2. The number of pyridine rings is 2. The molecule has 0 spiro atoms. The van der Waals surface area contributed by atoms with Crippen molar-refractivity contribution in [3.8, 4) is 67.2 Å². The van der Waals surface area contributed by atoms with Crippen molar-refractivity contribution in [2.75, 3.05) is 0 Å². The van der Waals surface area contributed by atoms with Gasteiger partial charge in [0.2, 0.25) is 0 Å². The third-order valence-corrected chi connectivity index (χ3v) is 10.4. The Kier molecular flexibility index (Phi) is 7.85. The SMILES string of the molecule is c1ccc(-c2cc(-c3cccc(-c4cc(-c5ccc6ccccc6c5)nc5ccc(-c6ccc7ccccc7c6)cc45)c3)cc(-c3ccccc3)n2)cc1. The highest BCUT2D eigenvalue weighted by molar-refractivity contribution is 6.01. The maximum Gasteiger partial charge on any atom is 0.0716 e. The molecule has 0 unspecified atom stereocenters. The fourth-order valence-corrected chi connectivity index (χ4v) is 7.59. The summed E-state index contributed by atoms with van der Waals surface area (Å²) < 4.78 is 0. The van der Waals surface area contributed by atoms with Gasteiger partial charge in [-0.1, -0.05) is 158 Å². The zero-order valence-corrected chi connectivity index (χ0v) is 29.5. The van der Waals surface area contributed by atoms with Crippen molar-refractivity contribution in [1.29, 1.82) is 0 Å². The van der Waals surface area contributed by atoms with E-state index in [-0.39, 0.29) is 0 Å². The molecule has 0 saturated heterocycles. The van der Waals surface area contributed by atoms with Crippen molar-refractivity contribution in [2.45, 2.75) is 0 Å². The molecule has 2 heterocycles. The van der Waals surface area contributed by atoms with Gasteiger partial charge in [0.1, 0.15) is 0 Å². The van der Waals surface area contributed by atoms with E-state index in [0.717, 1.165) is 66.9 Å². The number of rotatable bonds is 6. The van der Waals surface area contributed by atoms with Crippen molar-refractivity contribution in [3.05, 3.63) is 206 Å². The fraction of sp³-hybridized carbons (Fsp3) is 0. The molecule has 10 rings (SSSR count). The smallest absolute Gasteiger partial charge is 0.0716 e. The van der Waals surface area contributed by atoms with E-state index in [1.54, 1.807) is 0 Å². The summed E-state index contributed by atoms with van der Waals surface area (Å²) in [4.78, 5) is 10.4. The lowest BCUT2D eigenvalue weighted by atomic mass is 9.92. The summed E-state index contributed by atoms with van der Waals surface area (Å²) in [5, 5.41) is 6.01. The highest BCUT2D eigenvalue weighted by Gasteiger charge is 2.15. The van der Waals surface area contributed by atoms with E-state index in [9.17, 15) is 0 Å². The number of hydrogen-bond donors (Lipinski definition) is 0. The third-order valence-electron chi connectivity index (χ3n) is 10.4. The average molecular weight is 687 g/mol. The molecule has 0 bridgehead atoms. The quantitative estimate of drug-likeness (QED) is 0.174. The summed E-state index contributed by atoms with van der Waals surface area (Å²) in [6, 6.07) is 73.6. The van der Waals surface area contributed by atoms with E-state index in [1.807, 2.05) is 12.1 Å². The van der Waals surface area contributed by atoms with Gasteiger partial charge in [0.05, 0.1) is 22.6 Å². The molecule has 2 heteroatoms. The maximum atomic E-state index is 5.29. The molecule has 0 aliphatic heterocycles. The highest BCUT2D eigenvalue weighted by atomic mass is 14.7. The van der Waals surface area contributed by atoms with Crippen LogP contribution in [0.4, 0.5) is 0 Å². The van der Waals surface area contributed by atoms with Crippen molar-refractivity contribution < 1.29 is 0 Å². The van der Waals surface area contributed by atoms with E-state index in [4.69, 9.17) is 9.97 Å². The lowest BCUT2D eigenvalue weighted by Gasteiger charge is -2.15. The Morgan fingerprint density at radius 2 is 0.722 bits per heavy atom. The minimum Gasteiger partial charge on any atom is -0.248 e. The first-order valence-electron chi connectivity index (χ1n) is 18.4. The molecule has 0 radical (unpaired) electrons. The van der Waals surface area contributed by atoms with Crippen LogP contribution in [0.2, 0.25) is 0 Å². The number of hydrogen-bond acceptors (Lipinski definition) is 2. The summed E-state index contributed by atoms with van der Waals surface area (Å²) in [7, 11) is 0. The van der Waals surface area contributed by atoms with Crippen LogP contribution in [0.25, 0.3) is 99.6 Å². The number of nitrogens with zero attached hydrogens (tertiary/aromatic N) is 2. The highest BCUT2D eigenvalue weighted by Crippen LogP contribution is 2.38. The van der Waals surface area contributed by atoms with Gasteiger partial charge in [-0.3, -0.25) is 0 Å². The predicted molar refractivity (Wildman–Crippen MR) is 227 cm³/mol. The first kappa shape index (κ1) is 31.6. The minimum absolute atomic E-state index is 0.949. The molecule has 2 aromatic heterocycles. The van der Waals surface area contributed by atoms with Crippen LogP contribution in [0.15, 0.2) is 206 Å². The van der Waals surface area contributed by atoms with Crippen molar-refractivity contribution in [3.63, 3.8) is 0 Å². The molecule has 0 aliphatic rings. The van der Waals surface area contributed by atoms with Gasteiger partial charge in [0.25, 0.3) is 0 Å². The fourth-order valence-electron chi connectivity index (χ4n) is 7.59. The minimum atomic E-state index is 0.949. The molecule has 8 aromatic carbocycles. The van der Waals surface area contributed by atoms with E-state index in [2.05, 4.69) is 194 Å². The molecule has 0 fully saturated rings. The van der Waals surface area contributed by atoms with Gasteiger partial charge in [-0.15, -0.1) is 0 Å². The molecule has 0 N–H and O–H groups in total. The molecule has 252 valence electrons. The Labute approximate surface area is 314 Å². The second-order valence-electron chi connectivity index (χ2n) is 13.9. The van der Waals surface area contributed by atoms with Crippen LogP contribution in [0.3, 0.4) is 0 Å². The van der Waals surface area contributed by atoms with Crippen molar-refractivity contribution >= 4 is 32.4 Å². The molecule has 54 heavy (non-hydrogen) atoms. The largest absolute Gasteiger partial charge is 0.248 e. The average Bonchev–Trinajstić information content (AvgIpc) is 3.26. The molecule has 2 nitrogen and oxygen atoms in total. The normalized spacial score (nSPS) is 11.3. The Hall–Kier alpha value is -7.16. The maximum absolute atomic E-state index is 5.29. The first-order chi connectivity index (χ1) is 26.7. The number of aromatic nitrogens is 2. The second kappa shape index (κ2) is 13.4. The van der Waals surface area contributed by atoms with Crippen LogP contribution in [-0.4, -0.2) is 9.97 Å². The van der Waals surface area contributed by atoms with Gasteiger partial charge in [-0.05, 0) is 103 Å². The predicted octanol–water partition coefficient (Wildman–Crippen LogP) is 13.9. The molecule has 0 saturated carbocycles. The van der Waals surface area contributed by atoms with Gasteiger partial charge >= 0.3 is 0 Å².